The Morgan fingerprint density at radius 3 is 2.60 bits per heavy atom. The number of pyridine rings is 1. The van der Waals surface area contributed by atoms with Crippen molar-refractivity contribution in [3.63, 3.8) is 0 Å². The minimum atomic E-state index is -0.269. The van der Waals surface area contributed by atoms with Crippen LogP contribution in [0.15, 0.2) is 35.1 Å². The molecular weight excluding hydrogens is 446 g/mol. The van der Waals surface area contributed by atoms with Crippen molar-refractivity contribution in [2.24, 2.45) is 0 Å². The first kappa shape index (κ1) is 22.9. The first-order chi connectivity index (χ1) is 16.8. The number of aryl methyl sites for hydroxylation is 1. The van der Waals surface area contributed by atoms with Crippen LogP contribution < -0.4 is 4.74 Å². The van der Waals surface area contributed by atoms with E-state index in [4.69, 9.17) is 14.4 Å². The normalized spacial score (nSPS) is 14.5. The number of fused-ring (bicyclic) bond motifs is 1. The van der Waals surface area contributed by atoms with E-state index in [1.54, 1.807) is 23.0 Å². The fourth-order valence-electron chi connectivity index (χ4n) is 4.37. The standard InChI is InChI=1S/C25H29N7O3/c1-16-12-19(30-35-16)22-28-27-14-20-21(25(2,3)4)23(29-32(20)22)34-15-18-9-8-17(13-26-18)24(33)31-10-6-5-7-11-31/h8-9,12-14H,5-7,10-11,15H2,1-4H3. The molecule has 1 fully saturated rings. The number of carbonyl (C=O) groups is 1. The molecule has 0 N–H and O–H groups in total. The number of aromatic nitrogens is 6. The van der Waals surface area contributed by atoms with Gasteiger partial charge in [0.2, 0.25) is 11.7 Å². The van der Waals surface area contributed by atoms with E-state index in [1.165, 1.54) is 6.42 Å². The van der Waals surface area contributed by atoms with Gasteiger partial charge in [-0.1, -0.05) is 25.9 Å². The van der Waals surface area contributed by atoms with Gasteiger partial charge in [-0.25, -0.2) is 4.52 Å². The van der Waals surface area contributed by atoms with Crippen molar-refractivity contribution in [1.29, 1.82) is 0 Å². The zero-order valence-electron chi connectivity index (χ0n) is 20.5. The molecule has 0 unspecified atom stereocenters. The van der Waals surface area contributed by atoms with Crippen molar-refractivity contribution in [1.82, 2.24) is 34.9 Å². The molecule has 0 aromatic carbocycles. The summed E-state index contributed by atoms with van der Waals surface area (Å²) in [6.07, 6.45) is 6.61. The fourth-order valence-corrected chi connectivity index (χ4v) is 4.37. The lowest BCUT2D eigenvalue weighted by atomic mass is 9.88. The molecule has 10 heteroatoms. The molecule has 4 aromatic heterocycles. The molecular formula is C25H29N7O3. The Morgan fingerprint density at radius 1 is 1.14 bits per heavy atom. The molecule has 0 atom stereocenters. The van der Waals surface area contributed by atoms with Crippen LogP contribution in [0.25, 0.3) is 17.0 Å². The van der Waals surface area contributed by atoms with Crippen LogP contribution in [0.4, 0.5) is 0 Å². The second-order valence-corrected chi connectivity index (χ2v) is 9.90. The van der Waals surface area contributed by atoms with Crippen LogP contribution in [0, 0.1) is 6.92 Å². The van der Waals surface area contributed by atoms with E-state index in [0.29, 0.717) is 34.4 Å². The number of nitrogens with zero attached hydrogens (tertiary/aromatic N) is 7. The van der Waals surface area contributed by atoms with Crippen LogP contribution in [0.3, 0.4) is 0 Å². The highest BCUT2D eigenvalue weighted by atomic mass is 16.5. The summed E-state index contributed by atoms with van der Waals surface area (Å²) in [5, 5.41) is 17.2. The van der Waals surface area contributed by atoms with Gasteiger partial charge in [-0.3, -0.25) is 9.78 Å². The summed E-state index contributed by atoms with van der Waals surface area (Å²) in [7, 11) is 0. The molecule has 0 spiro atoms. The Kier molecular flexibility index (Phi) is 5.96. The van der Waals surface area contributed by atoms with E-state index in [2.05, 4.69) is 41.1 Å². The van der Waals surface area contributed by atoms with Crippen molar-refractivity contribution < 1.29 is 14.1 Å². The van der Waals surface area contributed by atoms with Gasteiger partial charge in [0.1, 0.15) is 12.4 Å². The average molecular weight is 476 g/mol. The Balaban J connectivity index is 1.40. The summed E-state index contributed by atoms with van der Waals surface area (Å²) >= 11 is 0. The highest BCUT2D eigenvalue weighted by Crippen LogP contribution is 2.36. The van der Waals surface area contributed by atoms with Crippen LogP contribution in [-0.2, 0) is 12.0 Å². The number of hydrogen-bond acceptors (Lipinski definition) is 8. The van der Waals surface area contributed by atoms with E-state index in [0.717, 1.165) is 37.0 Å². The lowest BCUT2D eigenvalue weighted by Gasteiger charge is -2.26. The van der Waals surface area contributed by atoms with Gasteiger partial charge >= 0.3 is 0 Å². The second-order valence-electron chi connectivity index (χ2n) is 9.90. The second kappa shape index (κ2) is 9.09. The number of rotatable bonds is 5. The summed E-state index contributed by atoms with van der Waals surface area (Å²) in [4.78, 5) is 19.1. The molecule has 1 saturated heterocycles. The number of piperidine rings is 1. The van der Waals surface area contributed by atoms with Crippen molar-refractivity contribution in [3.8, 4) is 17.4 Å². The van der Waals surface area contributed by atoms with E-state index >= 15 is 0 Å². The first-order valence-corrected chi connectivity index (χ1v) is 11.9. The Morgan fingerprint density at radius 2 is 1.94 bits per heavy atom. The maximum Gasteiger partial charge on any atom is 0.255 e. The zero-order chi connectivity index (χ0) is 24.6. The quantitative estimate of drug-likeness (QED) is 0.426. The average Bonchev–Trinajstić information content (AvgIpc) is 3.46. The van der Waals surface area contributed by atoms with Gasteiger partial charge in [-0.05, 0) is 43.7 Å². The summed E-state index contributed by atoms with van der Waals surface area (Å²) < 4.78 is 13.1. The smallest absolute Gasteiger partial charge is 0.255 e. The van der Waals surface area contributed by atoms with E-state index in [9.17, 15) is 4.79 Å². The largest absolute Gasteiger partial charge is 0.470 e. The predicted molar refractivity (Wildman–Crippen MR) is 128 cm³/mol. The molecule has 0 saturated carbocycles. The first-order valence-electron chi connectivity index (χ1n) is 11.9. The number of likely N-dealkylation sites (tertiary alicyclic amines) is 1. The molecule has 1 aliphatic heterocycles. The lowest BCUT2D eigenvalue weighted by Crippen LogP contribution is -2.35. The summed E-state index contributed by atoms with van der Waals surface area (Å²) in [5.74, 6) is 1.66. The van der Waals surface area contributed by atoms with Gasteiger partial charge in [0.15, 0.2) is 5.69 Å². The number of ether oxygens (including phenoxy) is 1. The fraction of sp³-hybridized carbons (Fsp3) is 0.440. The third-order valence-electron chi connectivity index (χ3n) is 6.10. The van der Waals surface area contributed by atoms with Crippen LogP contribution >= 0.6 is 0 Å². The van der Waals surface area contributed by atoms with Crippen LogP contribution in [-0.4, -0.2) is 53.8 Å². The maximum absolute atomic E-state index is 12.7. The Bertz CT molecular complexity index is 1350. The maximum atomic E-state index is 12.7. The lowest BCUT2D eigenvalue weighted by molar-refractivity contribution is 0.0724. The van der Waals surface area contributed by atoms with Gasteiger partial charge in [0.05, 0.1) is 23.0 Å². The molecule has 0 bridgehead atoms. The van der Waals surface area contributed by atoms with Gasteiger partial charge in [-0.15, -0.1) is 10.2 Å². The molecule has 0 radical (unpaired) electrons. The molecule has 1 amide bonds. The highest BCUT2D eigenvalue weighted by Gasteiger charge is 2.28. The molecule has 35 heavy (non-hydrogen) atoms. The Hall–Kier alpha value is -3.82. The summed E-state index contributed by atoms with van der Waals surface area (Å²) in [6.45, 7) is 9.94. The third-order valence-corrected chi connectivity index (χ3v) is 6.10. The van der Waals surface area contributed by atoms with Gasteiger partial charge in [-0.2, -0.15) is 5.10 Å². The Labute approximate surface area is 203 Å². The van der Waals surface area contributed by atoms with E-state index in [-0.39, 0.29) is 17.9 Å². The summed E-state index contributed by atoms with van der Waals surface area (Å²) in [5.41, 5.74) is 3.28. The van der Waals surface area contributed by atoms with Crippen molar-refractivity contribution in [2.75, 3.05) is 13.1 Å². The van der Waals surface area contributed by atoms with E-state index in [1.807, 2.05) is 24.0 Å². The number of hydrogen-bond donors (Lipinski definition) is 0. The molecule has 4 aromatic rings. The highest BCUT2D eigenvalue weighted by molar-refractivity contribution is 5.94. The molecule has 0 aliphatic carbocycles. The SMILES string of the molecule is Cc1cc(-c2nncc3c(C(C)(C)C)c(OCc4ccc(C(=O)N5CCCCC5)cn4)nn23)no1. The van der Waals surface area contributed by atoms with Crippen LogP contribution in [0.5, 0.6) is 5.88 Å². The van der Waals surface area contributed by atoms with Gasteiger partial charge in [0, 0.05) is 30.9 Å². The zero-order valence-corrected chi connectivity index (χ0v) is 20.5. The summed E-state index contributed by atoms with van der Waals surface area (Å²) in [6, 6.07) is 5.44. The third kappa shape index (κ3) is 4.60. The van der Waals surface area contributed by atoms with Crippen molar-refractivity contribution in [3.05, 3.63) is 53.2 Å². The van der Waals surface area contributed by atoms with Crippen LogP contribution in [0.2, 0.25) is 0 Å². The topological polar surface area (TPSA) is 112 Å². The van der Waals surface area contributed by atoms with Gasteiger partial charge in [0.25, 0.3) is 5.91 Å². The molecule has 1 aliphatic rings. The van der Waals surface area contributed by atoms with Crippen molar-refractivity contribution in [2.45, 2.75) is 59.0 Å². The minimum absolute atomic E-state index is 0.0376. The minimum Gasteiger partial charge on any atom is -0.470 e. The molecule has 5 heterocycles. The monoisotopic (exact) mass is 475 g/mol. The van der Waals surface area contributed by atoms with Crippen molar-refractivity contribution >= 4 is 11.4 Å². The van der Waals surface area contributed by atoms with E-state index < -0.39 is 0 Å². The molecule has 10 nitrogen and oxygen atoms in total. The molecule has 5 rings (SSSR count). The predicted octanol–water partition coefficient (Wildman–Crippen LogP) is 3.99. The number of carbonyl (C=O) groups excluding carboxylic acids is 1. The molecule has 182 valence electrons. The number of amides is 1. The van der Waals surface area contributed by atoms with Gasteiger partial charge < -0.3 is 14.2 Å². The van der Waals surface area contributed by atoms with Crippen LogP contribution in [0.1, 0.15) is 67.4 Å².